The fourth-order valence-corrected chi connectivity index (χ4v) is 2.73. The summed E-state index contributed by atoms with van der Waals surface area (Å²) < 4.78 is 0. The minimum Gasteiger partial charge on any atom is -0.483 e. The van der Waals surface area contributed by atoms with E-state index in [4.69, 9.17) is 10.4 Å². The SMILES string of the molecule is CC1CCC=CC(/C=C(\C#N)[C-]=O)=N1.[CH2-]C(CC([CH2-])c1cccc(C)c1)C(=O)O.[Li+]. The molecule has 5 nitrogen and oxygen atoms in total. The molecule has 0 amide bonds. The molecule has 1 aromatic carbocycles. The van der Waals surface area contributed by atoms with Crippen LogP contribution in [0.15, 0.2) is 53.1 Å². The number of aliphatic carboxylic acids is 1. The summed E-state index contributed by atoms with van der Waals surface area (Å²) in [4.78, 5) is 25.3. The van der Waals surface area contributed by atoms with Crippen LogP contribution in [0.2, 0.25) is 0 Å². The van der Waals surface area contributed by atoms with Crippen LogP contribution < -0.4 is 18.9 Å². The second-order valence-corrected chi connectivity index (χ2v) is 7.04. The molecule has 0 saturated carbocycles. The average Bonchev–Trinajstić information content (AvgIpc) is 2.90. The van der Waals surface area contributed by atoms with Crippen LogP contribution in [-0.4, -0.2) is 29.1 Å². The third-order valence-corrected chi connectivity index (χ3v) is 4.36. The van der Waals surface area contributed by atoms with Crippen molar-refractivity contribution in [3.8, 4) is 6.07 Å². The minimum atomic E-state index is -0.865. The Bertz CT molecular complexity index is 837. The number of nitrogens with zero attached hydrogens (tertiary/aromatic N) is 2. The van der Waals surface area contributed by atoms with E-state index in [1.807, 2.05) is 50.3 Å². The van der Waals surface area contributed by atoms with Gasteiger partial charge < -0.3 is 23.7 Å². The number of rotatable bonds is 6. The number of carbonyl (C=O) groups excluding carboxylic acids is 1. The summed E-state index contributed by atoms with van der Waals surface area (Å²) in [6, 6.07) is 9.97. The van der Waals surface area contributed by atoms with Crippen LogP contribution >= 0.6 is 0 Å². The first-order chi connectivity index (χ1) is 13.8. The maximum atomic E-state index is 10.6. The first kappa shape index (κ1) is 27.6. The van der Waals surface area contributed by atoms with E-state index in [2.05, 4.69) is 18.8 Å². The van der Waals surface area contributed by atoms with Crippen molar-refractivity contribution in [3.05, 3.63) is 73.0 Å². The molecule has 0 fully saturated rings. The van der Waals surface area contributed by atoms with Crippen LogP contribution in [0.3, 0.4) is 0 Å². The number of hydrogen-bond acceptors (Lipinski definition) is 4. The molecule has 3 atom stereocenters. The minimum absolute atomic E-state index is 0. The molecular weight excluding hydrogens is 371 g/mol. The number of carboxylic acid groups (broad SMARTS) is 1. The van der Waals surface area contributed by atoms with E-state index in [0.29, 0.717) is 12.1 Å². The van der Waals surface area contributed by atoms with Crippen LogP contribution in [0.25, 0.3) is 0 Å². The second-order valence-electron chi connectivity index (χ2n) is 7.04. The summed E-state index contributed by atoms with van der Waals surface area (Å²) in [5, 5.41) is 17.3. The normalized spacial score (nSPS) is 17.6. The van der Waals surface area contributed by atoms with Crippen molar-refractivity contribution in [3.63, 3.8) is 0 Å². The van der Waals surface area contributed by atoms with Gasteiger partial charge in [-0.3, -0.25) is 15.0 Å². The van der Waals surface area contributed by atoms with Gasteiger partial charge in [-0.25, -0.2) is 0 Å². The third kappa shape index (κ3) is 10.4. The Morgan fingerprint density at radius 2 is 2.17 bits per heavy atom. The van der Waals surface area contributed by atoms with Crippen molar-refractivity contribution in [2.24, 2.45) is 10.9 Å². The van der Waals surface area contributed by atoms with Crippen molar-refractivity contribution in [2.45, 2.75) is 45.1 Å². The van der Waals surface area contributed by atoms with Crippen LogP contribution in [0.4, 0.5) is 0 Å². The van der Waals surface area contributed by atoms with Gasteiger partial charge >= 0.3 is 18.9 Å². The zero-order chi connectivity index (χ0) is 21.8. The molecule has 1 aromatic rings. The predicted octanol–water partition coefficient (Wildman–Crippen LogP) is 1.57. The van der Waals surface area contributed by atoms with E-state index in [0.717, 1.165) is 24.0 Å². The predicted molar refractivity (Wildman–Crippen MR) is 115 cm³/mol. The van der Waals surface area contributed by atoms with E-state index < -0.39 is 11.9 Å². The molecule has 1 N–H and O–H groups in total. The number of benzene rings is 1. The van der Waals surface area contributed by atoms with Gasteiger partial charge in [0.15, 0.2) is 0 Å². The first-order valence-electron chi connectivity index (χ1n) is 9.46. The molecule has 0 aliphatic carbocycles. The number of aryl methyl sites for hydroxylation is 1. The Balaban J connectivity index is 0.000000544. The van der Waals surface area contributed by atoms with Gasteiger partial charge in [-0.05, 0) is 26.7 Å². The molecule has 0 aromatic heterocycles. The molecular formula is C24H27LiN2O3-2. The largest absolute Gasteiger partial charge is 1.00 e. The Labute approximate surface area is 191 Å². The number of aliphatic imine (C=N–C) groups is 1. The van der Waals surface area contributed by atoms with Crippen LogP contribution in [0.5, 0.6) is 0 Å². The molecule has 2 rings (SSSR count). The van der Waals surface area contributed by atoms with E-state index in [-0.39, 0.29) is 36.4 Å². The Kier molecular flexibility index (Phi) is 13.4. The monoisotopic (exact) mass is 398 g/mol. The summed E-state index contributed by atoms with van der Waals surface area (Å²) >= 11 is 0. The molecule has 154 valence electrons. The zero-order valence-electron chi connectivity index (χ0n) is 18.0. The van der Waals surface area contributed by atoms with Crippen LogP contribution in [-0.2, 0) is 9.59 Å². The van der Waals surface area contributed by atoms with Gasteiger partial charge in [-0.15, -0.1) is 12.0 Å². The maximum absolute atomic E-state index is 10.6. The first-order valence-corrected chi connectivity index (χ1v) is 9.46. The quantitative estimate of drug-likeness (QED) is 0.341. The average molecular weight is 398 g/mol. The van der Waals surface area contributed by atoms with Gasteiger partial charge in [0.1, 0.15) is 0 Å². The molecule has 0 saturated heterocycles. The molecule has 1 aliphatic heterocycles. The number of allylic oxidation sites excluding steroid dienone is 4. The second kappa shape index (κ2) is 14.6. The number of hydrogen-bond donors (Lipinski definition) is 1. The van der Waals surface area contributed by atoms with Gasteiger partial charge in [0.25, 0.3) is 5.97 Å². The number of carbonyl (C=O) groups is 1. The number of carboxylic acids is 1. The topological polar surface area (TPSA) is 90.5 Å². The summed E-state index contributed by atoms with van der Waals surface area (Å²) in [6.07, 6.45) is 9.32. The molecule has 1 aliphatic rings. The van der Waals surface area contributed by atoms with E-state index >= 15 is 0 Å². The van der Waals surface area contributed by atoms with E-state index in [1.54, 1.807) is 12.4 Å². The Hall–Kier alpha value is -2.40. The van der Waals surface area contributed by atoms with E-state index in [9.17, 15) is 9.59 Å². The summed E-state index contributed by atoms with van der Waals surface area (Å²) in [5.74, 6) is -1.46. The van der Waals surface area contributed by atoms with Gasteiger partial charge in [0.2, 0.25) is 0 Å². The molecule has 0 bridgehead atoms. The summed E-state index contributed by atoms with van der Waals surface area (Å²) in [6.45, 7) is 11.6. The number of nitriles is 1. The molecule has 1 heterocycles. The molecule has 3 unspecified atom stereocenters. The molecule has 6 heteroatoms. The maximum Gasteiger partial charge on any atom is 1.00 e. The zero-order valence-corrected chi connectivity index (χ0v) is 18.0. The van der Waals surface area contributed by atoms with Gasteiger partial charge in [0, 0.05) is 11.8 Å². The van der Waals surface area contributed by atoms with Crippen molar-refractivity contribution in [1.82, 2.24) is 0 Å². The standard InChI is InChI=1S/C13H16O2.C11H11N2O.Li/c1-9-5-4-6-12(7-9)10(2)8-11(3)13(14)15;1-9-4-2-3-5-11(13-9)6-10(7-12)8-14;/h4-7,10-11H,2-3,8H2,1H3,(H,14,15);3,5-6,9H,2,4H2,1H3;/q-2;-1;+1/b;10-6+;. The molecule has 30 heavy (non-hydrogen) atoms. The van der Waals surface area contributed by atoms with Crippen molar-refractivity contribution >= 4 is 18.0 Å². The van der Waals surface area contributed by atoms with Crippen molar-refractivity contribution < 1.29 is 33.6 Å². The van der Waals surface area contributed by atoms with Crippen LogP contribution in [0.1, 0.15) is 43.2 Å². The fourth-order valence-electron chi connectivity index (χ4n) is 2.73. The van der Waals surface area contributed by atoms with Crippen molar-refractivity contribution in [1.29, 1.82) is 5.26 Å². The Morgan fingerprint density at radius 1 is 1.47 bits per heavy atom. The van der Waals surface area contributed by atoms with E-state index in [1.165, 1.54) is 6.08 Å². The molecule has 0 radical (unpaired) electrons. The van der Waals surface area contributed by atoms with Gasteiger partial charge in [-0.2, -0.15) is 0 Å². The smallest absolute Gasteiger partial charge is 0.483 e. The molecule has 0 spiro atoms. The summed E-state index contributed by atoms with van der Waals surface area (Å²) in [7, 11) is 0. The van der Waals surface area contributed by atoms with Crippen LogP contribution in [0, 0.1) is 38.0 Å². The third-order valence-electron chi connectivity index (χ3n) is 4.36. The Morgan fingerprint density at radius 3 is 2.73 bits per heavy atom. The van der Waals surface area contributed by atoms with Crippen molar-refractivity contribution in [2.75, 3.05) is 0 Å². The fraction of sp³-hybridized carbons (Fsp3) is 0.333. The van der Waals surface area contributed by atoms with Gasteiger partial charge in [0.05, 0.1) is 6.29 Å². The van der Waals surface area contributed by atoms with Gasteiger partial charge in [-0.1, -0.05) is 71.5 Å². The summed E-state index contributed by atoms with van der Waals surface area (Å²) in [5.41, 5.74) is 2.90.